The summed E-state index contributed by atoms with van der Waals surface area (Å²) < 4.78 is 5.62. The predicted octanol–water partition coefficient (Wildman–Crippen LogP) is 2.66. The Bertz CT molecular complexity index is 348. The molecule has 1 heterocycles. The molecule has 1 atom stereocenters. The zero-order valence-electron chi connectivity index (χ0n) is 10.6. The number of hydrogen-bond acceptors (Lipinski definition) is 3. The highest BCUT2D eigenvalue weighted by molar-refractivity contribution is 5.66. The highest BCUT2D eigenvalue weighted by Crippen LogP contribution is 2.22. The average molecular weight is 234 g/mol. The lowest BCUT2D eigenvalue weighted by Crippen LogP contribution is -2.21. The van der Waals surface area contributed by atoms with Crippen LogP contribution in [-0.4, -0.2) is 26.3 Å². The van der Waals surface area contributed by atoms with Gasteiger partial charge in [-0.2, -0.15) is 0 Å². The lowest BCUT2D eigenvalue weighted by Gasteiger charge is -2.21. The second-order valence-electron chi connectivity index (χ2n) is 4.76. The van der Waals surface area contributed by atoms with Crippen molar-refractivity contribution in [2.75, 3.05) is 30.8 Å². The van der Waals surface area contributed by atoms with E-state index in [9.17, 15) is 0 Å². The fourth-order valence-electron chi connectivity index (χ4n) is 2.38. The van der Waals surface area contributed by atoms with Crippen molar-refractivity contribution < 1.29 is 4.74 Å². The van der Waals surface area contributed by atoms with E-state index in [0.717, 1.165) is 37.4 Å². The molecule has 0 bridgehead atoms. The van der Waals surface area contributed by atoms with Gasteiger partial charge in [0.2, 0.25) is 0 Å². The molecule has 1 unspecified atom stereocenters. The number of benzene rings is 1. The van der Waals surface area contributed by atoms with Crippen LogP contribution in [0.25, 0.3) is 0 Å². The summed E-state index contributed by atoms with van der Waals surface area (Å²) in [5, 5.41) is 0. The van der Waals surface area contributed by atoms with Gasteiger partial charge in [0.15, 0.2) is 0 Å². The highest BCUT2D eigenvalue weighted by Gasteiger charge is 2.15. The van der Waals surface area contributed by atoms with Gasteiger partial charge in [-0.05, 0) is 37.8 Å². The number of anilines is 2. The molecule has 1 fully saturated rings. The molecule has 0 amide bonds. The maximum absolute atomic E-state index is 5.95. The zero-order valence-corrected chi connectivity index (χ0v) is 10.6. The fraction of sp³-hybridized carbons (Fsp3) is 0.571. The van der Waals surface area contributed by atoms with E-state index < -0.39 is 0 Å². The second kappa shape index (κ2) is 5.92. The Morgan fingerprint density at radius 3 is 2.94 bits per heavy atom. The summed E-state index contributed by atoms with van der Waals surface area (Å²) in [6, 6.07) is 8.02. The molecule has 94 valence electrons. The molecule has 1 saturated heterocycles. The SMILES string of the molecule is CN(CCCC1CCCO1)c1ccccc1N. The third kappa shape index (κ3) is 3.37. The summed E-state index contributed by atoms with van der Waals surface area (Å²) in [4.78, 5) is 2.23. The van der Waals surface area contributed by atoms with Crippen molar-refractivity contribution >= 4 is 11.4 Å². The number of rotatable bonds is 5. The molecule has 3 nitrogen and oxygen atoms in total. The lowest BCUT2D eigenvalue weighted by molar-refractivity contribution is 0.103. The van der Waals surface area contributed by atoms with Crippen LogP contribution in [0.5, 0.6) is 0 Å². The standard InChI is InChI=1S/C14H22N2O/c1-16(14-9-3-2-8-13(14)15)10-4-6-12-7-5-11-17-12/h2-3,8-9,12H,4-7,10-11,15H2,1H3. The van der Waals surface area contributed by atoms with Gasteiger partial charge in [-0.1, -0.05) is 12.1 Å². The molecule has 0 spiro atoms. The quantitative estimate of drug-likeness (QED) is 0.796. The van der Waals surface area contributed by atoms with E-state index in [1.54, 1.807) is 0 Å². The molecule has 2 rings (SSSR count). The van der Waals surface area contributed by atoms with Crippen LogP contribution in [-0.2, 0) is 4.74 Å². The molecule has 0 aliphatic carbocycles. The molecule has 2 N–H and O–H groups in total. The zero-order chi connectivity index (χ0) is 12.1. The molecular weight excluding hydrogens is 212 g/mol. The summed E-state index contributed by atoms with van der Waals surface area (Å²) in [6.45, 7) is 1.99. The maximum Gasteiger partial charge on any atom is 0.0597 e. The van der Waals surface area contributed by atoms with Crippen LogP contribution in [0, 0.1) is 0 Å². The summed E-state index contributed by atoms with van der Waals surface area (Å²) in [6.07, 6.45) is 5.28. The summed E-state index contributed by atoms with van der Waals surface area (Å²) >= 11 is 0. The third-order valence-corrected chi connectivity index (χ3v) is 3.39. The second-order valence-corrected chi connectivity index (χ2v) is 4.76. The predicted molar refractivity (Wildman–Crippen MR) is 72.3 cm³/mol. The summed E-state index contributed by atoms with van der Waals surface area (Å²) in [5.41, 5.74) is 7.93. The van der Waals surface area contributed by atoms with Gasteiger partial charge in [-0.15, -0.1) is 0 Å². The number of para-hydroxylation sites is 2. The van der Waals surface area contributed by atoms with E-state index >= 15 is 0 Å². The molecule has 1 aromatic carbocycles. The van der Waals surface area contributed by atoms with Gasteiger partial charge >= 0.3 is 0 Å². The first kappa shape index (κ1) is 12.2. The smallest absolute Gasteiger partial charge is 0.0597 e. The minimum absolute atomic E-state index is 0.497. The topological polar surface area (TPSA) is 38.5 Å². The molecule has 0 aromatic heterocycles. The van der Waals surface area contributed by atoms with Gasteiger partial charge in [0.25, 0.3) is 0 Å². The van der Waals surface area contributed by atoms with Crippen LogP contribution in [0.2, 0.25) is 0 Å². The van der Waals surface area contributed by atoms with Crippen LogP contribution < -0.4 is 10.6 Å². The van der Waals surface area contributed by atoms with Crippen molar-refractivity contribution in [2.45, 2.75) is 31.8 Å². The van der Waals surface area contributed by atoms with E-state index in [4.69, 9.17) is 10.5 Å². The maximum atomic E-state index is 5.95. The highest BCUT2D eigenvalue weighted by atomic mass is 16.5. The third-order valence-electron chi connectivity index (χ3n) is 3.39. The Labute approximate surface area is 104 Å². The summed E-state index contributed by atoms with van der Waals surface area (Å²) in [7, 11) is 2.10. The van der Waals surface area contributed by atoms with Crippen LogP contribution in [0.4, 0.5) is 11.4 Å². The largest absolute Gasteiger partial charge is 0.397 e. The van der Waals surface area contributed by atoms with Gasteiger partial charge in [-0.25, -0.2) is 0 Å². The first-order chi connectivity index (χ1) is 8.27. The van der Waals surface area contributed by atoms with Crippen LogP contribution in [0.3, 0.4) is 0 Å². The van der Waals surface area contributed by atoms with Crippen molar-refractivity contribution in [2.24, 2.45) is 0 Å². The van der Waals surface area contributed by atoms with Crippen molar-refractivity contribution in [1.82, 2.24) is 0 Å². The minimum Gasteiger partial charge on any atom is -0.397 e. The summed E-state index contributed by atoms with van der Waals surface area (Å²) in [5.74, 6) is 0. The number of hydrogen-bond donors (Lipinski definition) is 1. The Balaban J connectivity index is 1.77. The molecule has 1 aliphatic heterocycles. The van der Waals surface area contributed by atoms with Crippen molar-refractivity contribution in [3.8, 4) is 0 Å². The Morgan fingerprint density at radius 1 is 1.41 bits per heavy atom. The monoisotopic (exact) mass is 234 g/mol. The number of nitrogen functional groups attached to an aromatic ring is 1. The van der Waals surface area contributed by atoms with Gasteiger partial charge in [0.05, 0.1) is 17.5 Å². The van der Waals surface area contributed by atoms with Crippen molar-refractivity contribution in [3.63, 3.8) is 0 Å². The number of ether oxygens (including phenoxy) is 1. The number of nitrogens with zero attached hydrogens (tertiary/aromatic N) is 1. The Hall–Kier alpha value is -1.22. The van der Waals surface area contributed by atoms with Crippen molar-refractivity contribution in [1.29, 1.82) is 0 Å². The lowest BCUT2D eigenvalue weighted by atomic mass is 10.1. The number of nitrogens with two attached hydrogens (primary N) is 1. The molecule has 0 radical (unpaired) electrons. The normalized spacial score (nSPS) is 19.5. The van der Waals surface area contributed by atoms with Gasteiger partial charge in [0.1, 0.15) is 0 Å². The molecule has 3 heteroatoms. The Morgan fingerprint density at radius 2 is 2.24 bits per heavy atom. The van der Waals surface area contributed by atoms with Crippen LogP contribution in [0.1, 0.15) is 25.7 Å². The van der Waals surface area contributed by atoms with Gasteiger partial charge in [-0.3, -0.25) is 0 Å². The van der Waals surface area contributed by atoms with Crippen LogP contribution >= 0.6 is 0 Å². The Kier molecular flexibility index (Phi) is 4.26. The fourth-order valence-corrected chi connectivity index (χ4v) is 2.38. The van der Waals surface area contributed by atoms with Crippen LogP contribution in [0.15, 0.2) is 24.3 Å². The molecule has 17 heavy (non-hydrogen) atoms. The van der Waals surface area contributed by atoms with Crippen molar-refractivity contribution in [3.05, 3.63) is 24.3 Å². The van der Waals surface area contributed by atoms with E-state index in [1.807, 2.05) is 18.2 Å². The van der Waals surface area contributed by atoms with Gasteiger partial charge in [0, 0.05) is 20.2 Å². The molecule has 0 saturated carbocycles. The van der Waals surface area contributed by atoms with Gasteiger partial charge < -0.3 is 15.4 Å². The van der Waals surface area contributed by atoms with E-state index in [0.29, 0.717) is 6.10 Å². The molecule has 1 aliphatic rings. The van der Waals surface area contributed by atoms with E-state index in [1.165, 1.54) is 12.8 Å². The average Bonchev–Trinajstić information content (AvgIpc) is 2.82. The minimum atomic E-state index is 0.497. The van der Waals surface area contributed by atoms with E-state index in [-0.39, 0.29) is 0 Å². The first-order valence-electron chi connectivity index (χ1n) is 6.44. The van der Waals surface area contributed by atoms with E-state index in [2.05, 4.69) is 18.0 Å². The first-order valence-corrected chi connectivity index (χ1v) is 6.44. The molecular formula is C14H22N2O. The molecule has 1 aromatic rings.